The van der Waals surface area contributed by atoms with Crippen molar-refractivity contribution >= 4 is 11.8 Å². The molecule has 0 saturated carbocycles. The molecule has 1 N–H and O–H groups in total. The molecular formula is C12H22N2O3. The molecule has 1 aliphatic rings. The quantitative estimate of drug-likeness (QED) is 0.692. The highest BCUT2D eigenvalue weighted by Crippen LogP contribution is 2.10. The van der Waals surface area contributed by atoms with Crippen LogP contribution in [0.15, 0.2) is 0 Å². The highest BCUT2D eigenvalue weighted by atomic mass is 16.5. The fourth-order valence-electron chi connectivity index (χ4n) is 1.92. The Morgan fingerprint density at radius 2 is 2.06 bits per heavy atom. The average Bonchev–Trinajstić information content (AvgIpc) is 2.81. The van der Waals surface area contributed by atoms with E-state index in [1.54, 1.807) is 4.90 Å². The van der Waals surface area contributed by atoms with Gasteiger partial charge < -0.3 is 15.0 Å². The summed E-state index contributed by atoms with van der Waals surface area (Å²) in [5, 5.41) is 2.75. The van der Waals surface area contributed by atoms with Crippen LogP contribution in [-0.4, -0.2) is 49.1 Å². The van der Waals surface area contributed by atoms with E-state index in [1.165, 1.54) is 0 Å². The summed E-state index contributed by atoms with van der Waals surface area (Å²) in [4.78, 5) is 24.8. The van der Waals surface area contributed by atoms with Crippen LogP contribution < -0.4 is 5.32 Å². The minimum atomic E-state index is -0.211. The summed E-state index contributed by atoms with van der Waals surface area (Å²) in [6.07, 6.45) is 2.11. The summed E-state index contributed by atoms with van der Waals surface area (Å²) in [5.74, 6) is -0.322. The second kappa shape index (κ2) is 7.27. The molecule has 1 unspecified atom stereocenters. The first-order chi connectivity index (χ1) is 8.17. The molecule has 0 spiro atoms. The fourth-order valence-corrected chi connectivity index (χ4v) is 1.92. The molecule has 0 aromatic heterocycles. The Morgan fingerprint density at radius 3 is 2.59 bits per heavy atom. The maximum Gasteiger partial charge on any atom is 0.231 e. The molecule has 1 aliphatic heterocycles. The summed E-state index contributed by atoms with van der Waals surface area (Å²) in [6.45, 7) is 6.41. The molecule has 1 heterocycles. The predicted molar refractivity (Wildman–Crippen MR) is 64.5 cm³/mol. The van der Waals surface area contributed by atoms with Crippen LogP contribution >= 0.6 is 0 Å². The van der Waals surface area contributed by atoms with Gasteiger partial charge in [-0.2, -0.15) is 0 Å². The van der Waals surface area contributed by atoms with E-state index in [2.05, 4.69) is 5.32 Å². The van der Waals surface area contributed by atoms with Crippen molar-refractivity contribution in [1.82, 2.24) is 10.2 Å². The Bertz CT molecular complexity index is 258. The van der Waals surface area contributed by atoms with E-state index in [4.69, 9.17) is 4.74 Å². The Kier molecular flexibility index (Phi) is 5.97. The lowest BCUT2D eigenvalue weighted by Gasteiger charge is -2.18. The normalized spacial score (nSPS) is 19.1. The molecule has 1 rings (SSSR count). The van der Waals surface area contributed by atoms with Crippen LogP contribution in [0.1, 0.15) is 33.1 Å². The first-order valence-electron chi connectivity index (χ1n) is 6.33. The maximum absolute atomic E-state index is 11.6. The molecular weight excluding hydrogens is 220 g/mol. The zero-order valence-electron chi connectivity index (χ0n) is 10.7. The van der Waals surface area contributed by atoms with Crippen molar-refractivity contribution in [3.05, 3.63) is 0 Å². The number of ether oxygens (including phenoxy) is 1. The maximum atomic E-state index is 11.6. The van der Waals surface area contributed by atoms with Crippen LogP contribution in [0.3, 0.4) is 0 Å². The molecule has 17 heavy (non-hydrogen) atoms. The van der Waals surface area contributed by atoms with E-state index in [0.717, 1.165) is 19.4 Å². The summed E-state index contributed by atoms with van der Waals surface area (Å²) in [5.41, 5.74) is 0. The molecule has 1 saturated heterocycles. The molecule has 2 amide bonds. The smallest absolute Gasteiger partial charge is 0.231 e. The molecule has 0 radical (unpaired) electrons. The van der Waals surface area contributed by atoms with Gasteiger partial charge in [0.05, 0.1) is 6.10 Å². The van der Waals surface area contributed by atoms with Gasteiger partial charge in [-0.1, -0.05) is 0 Å². The van der Waals surface area contributed by atoms with Crippen molar-refractivity contribution in [2.75, 3.05) is 26.2 Å². The minimum absolute atomic E-state index is 0.0611. The van der Waals surface area contributed by atoms with Crippen molar-refractivity contribution in [2.45, 2.75) is 39.2 Å². The molecule has 1 fully saturated rings. The number of carbonyl (C=O) groups excluding carboxylic acids is 2. The molecule has 0 aliphatic carbocycles. The van der Waals surface area contributed by atoms with Crippen molar-refractivity contribution in [1.29, 1.82) is 0 Å². The first-order valence-corrected chi connectivity index (χ1v) is 6.33. The number of carbonyl (C=O) groups is 2. The Morgan fingerprint density at radius 1 is 1.35 bits per heavy atom. The summed E-state index contributed by atoms with van der Waals surface area (Å²) < 4.78 is 5.39. The predicted octanol–water partition coefficient (Wildman–Crippen LogP) is 0.540. The van der Waals surface area contributed by atoms with E-state index >= 15 is 0 Å². The molecule has 1 atom stereocenters. The Hall–Kier alpha value is -1.10. The van der Waals surface area contributed by atoms with Gasteiger partial charge in [0.15, 0.2) is 0 Å². The Balaban J connectivity index is 2.21. The lowest BCUT2D eigenvalue weighted by Crippen LogP contribution is -2.37. The van der Waals surface area contributed by atoms with E-state index in [-0.39, 0.29) is 24.3 Å². The van der Waals surface area contributed by atoms with Crippen LogP contribution in [0.5, 0.6) is 0 Å². The zero-order valence-corrected chi connectivity index (χ0v) is 10.7. The molecule has 5 heteroatoms. The molecule has 0 bridgehead atoms. The summed E-state index contributed by atoms with van der Waals surface area (Å²) in [6, 6.07) is 0. The lowest BCUT2D eigenvalue weighted by atomic mass is 10.2. The third-order valence-corrected chi connectivity index (χ3v) is 2.98. The molecule has 5 nitrogen and oxygen atoms in total. The van der Waals surface area contributed by atoms with E-state index in [0.29, 0.717) is 19.6 Å². The van der Waals surface area contributed by atoms with Crippen LogP contribution in [0.25, 0.3) is 0 Å². The fraction of sp³-hybridized carbons (Fsp3) is 0.833. The monoisotopic (exact) mass is 242 g/mol. The van der Waals surface area contributed by atoms with Gasteiger partial charge in [-0.3, -0.25) is 9.59 Å². The second-order valence-corrected chi connectivity index (χ2v) is 4.18. The van der Waals surface area contributed by atoms with E-state index in [9.17, 15) is 9.59 Å². The third-order valence-electron chi connectivity index (χ3n) is 2.98. The van der Waals surface area contributed by atoms with Crippen LogP contribution in [-0.2, 0) is 14.3 Å². The molecule has 98 valence electrons. The van der Waals surface area contributed by atoms with E-state index < -0.39 is 0 Å². The van der Waals surface area contributed by atoms with Crippen LogP contribution in [0, 0.1) is 0 Å². The van der Waals surface area contributed by atoms with Crippen LogP contribution in [0.2, 0.25) is 0 Å². The van der Waals surface area contributed by atoms with Gasteiger partial charge in [0.2, 0.25) is 11.8 Å². The highest BCUT2D eigenvalue weighted by Gasteiger charge is 2.18. The summed E-state index contributed by atoms with van der Waals surface area (Å²) >= 11 is 0. The lowest BCUT2D eigenvalue weighted by molar-refractivity contribution is -0.135. The van der Waals surface area contributed by atoms with Crippen molar-refractivity contribution < 1.29 is 14.3 Å². The summed E-state index contributed by atoms with van der Waals surface area (Å²) in [7, 11) is 0. The zero-order chi connectivity index (χ0) is 12.7. The number of hydrogen-bond acceptors (Lipinski definition) is 3. The van der Waals surface area contributed by atoms with Gasteiger partial charge in [-0.25, -0.2) is 0 Å². The van der Waals surface area contributed by atoms with Gasteiger partial charge in [0.25, 0.3) is 0 Å². The van der Waals surface area contributed by atoms with Crippen molar-refractivity contribution in [3.63, 3.8) is 0 Å². The van der Waals surface area contributed by atoms with Gasteiger partial charge in [-0.05, 0) is 26.7 Å². The number of amides is 2. The average molecular weight is 242 g/mol. The molecule has 0 aromatic carbocycles. The van der Waals surface area contributed by atoms with Gasteiger partial charge in [0.1, 0.15) is 6.42 Å². The van der Waals surface area contributed by atoms with Crippen LogP contribution in [0.4, 0.5) is 0 Å². The van der Waals surface area contributed by atoms with Gasteiger partial charge in [-0.15, -0.1) is 0 Å². The van der Waals surface area contributed by atoms with Crippen molar-refractivity contribution in [3.8, 4) is 0 Å². The number of nitrogens with zero attached hydrogens (tertiary/aromatic N) is 1. The van der Waals surface area contributed by atoms with Gasteiger partial charge >= 0.3 is 0 Å². The number of hydrogen-bond donors (Lipinski definition) is 1. The number of rotatable bonds is 6. The largest absolute Gasteiger partial charge is 0.376 e. The van der Waals surface area contributed by atoms with Crippen molar-refractivity contribution in [2.24, 2.45) is 0 Å². The standard InChI is InChI=1S/C12H22N2O3/c1-3-14(4-2)12(16)8-11(15)13-9-10-6-5-7-17-10/h10H,3-9H2,1-2H3,(H,13,15). The number of nitrogens with one attached hydrogen (secondary N) is 1. The SMILES string of the molecule is CCN(CC)C(=O)CC(=O)NCC1CCCO1. The topological polar surface area (TPSA) is 58.6 Å². The first kappa shape index (κ1) is 14.0. The minimum Gasteiger partial charge on any atom is -0.376 e. The Labute approximate surface area is 102 Å². The van der Waals surface area contributed by atoms with Gasteiger partial charge in [0, 0.05) is 26.2 Å². The van der Waals surface area contributed by atoms with E-state index in [1.807, 2.05) is 13.8 Å². The molecule has 0 aromatic rings. The third kappa shape index (κ3) is 4.73. The second-order valence-electron chi connectivity index (χ2n) is 4.18. The highest BCUT2D eigenvalue weighted by molar-refractivity contribution is 5.96.